The molecule has 35 heavy (non-hydrogen) atoms. The molecular formula is C28H49N5O2. The molecule has 1 aliphatic carbocycles. The van der Waals surface area contributed by atoms with Crippen molar-refractivity contribution in [2.75, 3.05) is 45.8 Å². The van der Waals surface area contributed by atoms with E-state index in [2.05, 4.69) is 52.6 Å². The molecule has 4 aliphatic rings. The third kappa shape index (κ3) is 7.07. The SMILES string of the molecule is CC1=C[C@@H](CNC(=O)C2CCCCN2)[C@H](C(C)C)C[C@H]1CC(=O)N1CCN(C2CCCCN2)CC1. The Labute approximate surface area is 212 Å². The van der Waals surface area contributed by atoms with Gasteiger partial charge in [0, 0.05) is 39.1 Å². The Kier molecular flexibility index (Phi) is 9.65. The van der Waals surface area contributed by atoms with Gasteiger partial charge < -0.3 is 20.9 Å². The van der Waals surface area contributed by atoms with E-state index in [9.17, 15) is 9.59 Å². The molecule has 0 aromatic heterocycles. The van der Waals surface area contributed by atoms with Crippen LogP contribution in [0.2, 0.25) is 0 Å². The number of nitrogens with one attached hydrogen (secondary N) is 3. The molecule has 3 N–H and O–H groups in total. The highest BCUT2D eigenvalue weighted by atomic mass is 16.2. The first kappa shape index (κ1) is 26.6. The zero-order valence-corrected chi connectivity index (χ0v) is 22.4. The molecule has 0 aromatic rings. The Morgan fingerprint density at radius 3 is 2.37 bits per heavy atom. The van der Waals surface area contributed by atoms with E-state index in [4.69, 9.17) is 0 Å². The Bertz CT molecular complexity index is 734. The number of carbonyl (C=O) groups excluding carboxylic acids is 2. The lowest BCUT2D eigenvalue weighted by atomic mass is 9.69. The van der Waals surface area contributed by atoms with Crippen molar-refractivity contribution >= 4 is 11.8 Å². The number of hydrogen-bond donors (Lipinski definition) is 3. The van der Waals surface area contributed by atoms with E-state index < -0.39 is 0 Å². The summed E-state index contributed by atoms with van der Waals surface area (Å²) >= 11 is 0. The standard InChI is InChI=1S/C28H49N5O2/c1-20(2)24-17-22(21(3)16-23(24)19-31-28(35)25-8-4-6-10-29-25)18-27(34)33-14-12-32(13-15-33)26-9-5-7-11-30-26/h16,20,22-26,29-30H,4-15,17-19H2,1-3H3,(H,31,35)/t22-,23-,24-,25?,26?/m0/s1. The van der Waals surface area contributed by atoms with Gasteiger partial charge in [-0.25, -0.2) is 0 Å². The van der Waals surface area contributed by atoms with E-state index in [1.54, 1.807) is 0 Å². The van der Waals surface area contributed by atoms with Crippen LogP contribution in [0.3, 0.4) is 0 Å². The van der Waals surface area contributed by atoms with Crippen molar-refractivity contribution in [3.63, 3.8) is 0 Å². The summed E-state index contributed by atoms with van der Waals surface area (Å²) in [4.78, 5) is 30.5. The van der Waals surface area contributed by atoms with Gasteiger partial charge in [-0.15, -0.1) is 0 Å². The lowest BCUT2D eigenvalue weighted by Crippen LogP contribution is -2.57. The average Bonchev–Trinajstić information content (AvgIpc) is 2.89. The summed E-state index contributed by atoms with van der Waals surface area (Å²) in [6.07, 6.45) is 11.6. The Morgan fingerprint density at radius 1 is 1.03 bits per heavy atom. The first-order valence-electron chi connectivity index (χ1n) is 14.4. The highest BCUT2D eigenvalue weighted by Gasteiger charge is 2.35. The van der Waals surface area contributed by atoms with Gasteiger partial charge in [0.2, 0.25) is 11.8 Å². The second-order valence-corrected chi connectivity index (χ2v) is 11.7. The van der Waals surface area contributed by atoms with E-state index in [1.165, 1.54) is 24.8 Å². The maximum atomic E-state index is 13.2. The summed E-state index contributed by atoms with van der Waals surface area (Å²) in [6, 6.07) is -0.0327. The van der Waals surface area contributed by atoms with Gasteiger partial charge in [-0.2, -0.15) is 0 Å². The molecule has 198 valence electrons. The van der Waals surface area contributed by atoms with Crippen LogP contribution in [0.15, 0.2) is 11.6 Å². The van der Waals surface area contributed by atoms with Crippen molar-refractivity contribution in [3.05, 3.63) is 11.6 Å². The molecule has 3 saturated heterocycles. The van der Waals surface area contributed by atoms with Crippen LogP contribution in [0.5, 0.6) is 0 Å². The number of piperazine rings is 1. The molecule has 2 amide bonds. The predicted octanol–water partition coefficient (Wildman–Crippen LogP) is 2.73. The molecule has 0 aromatic carbocycles. The summed E-state index contributed by atoms with van der Waals surface area (Å²) in [7, 11) is 0. The van der Waals surface area contributed by atoms with Crippen molar-refractivity contribution in [1.82, 2.24) is 25.8 Å². The highest BCUT2D eigenvalue weighted by molar-refractivity contribution is 5.81. The summed E-state index contributed by atoms with van der Waals surface area (Å²) < 4.78 is 0. The summed E-state index contributed by atoms with van der Waals surface area (Å²) in [5, 5.41) is 10.2. The van der Waals surface area contributed by atoms with Crippen LogP contribution in [-0.2, 0) is 9.59 Å². The molecule has 0 saturated carbocycles. The van der Waals surface area contributed by atoms with Crippen LogP contribution >= 0.6 is 0 Å². The second-order valence-electron chi connectivity index (χ2n) is 11.7. The quantitative estimate of drug-likeness (QED) is 0.482. The van der Waals surface area contributed by atoms with Crippen molar-refractivity contribution in [2.24, 2.45) is 23.7 Å². The third-order valence-corrected chi connectivity index (χ3v) is 9.04. The molecule has 3 fully saturated rings. The molecule has 0 radical (unpaired) electrons. The van der Waals surface area contributed by atoms with Crippen molar-refractivity contribution in [2.45, 2.75) is 84.3 Å². The number of allylic oxidation sites excluding steroid dienone is 1. The predicted molar refractivity (Wildman–Crippen MR) is 141 cm³/mol. The minimum Gasteiger partial charge on any atom is -0.354 e. The maximum absolute atomic E-state index is 13.2. The number of hydrogen-bond acceptors (Lipinski definition) is 5. The van der Waals surface area contributed by atoms with E-state index in [0.717, 1.165) is 65.0 Å². The summed E-state index contributed by atoms with van der Waals surface area (Å²) in [5.74, 6) is 2.15. The normalized spacial score (nSPS) is 32.9. The lowest BCUT2D eigenvalue weighted by molar-refractivity contribution is -0.134. The molecule has 2 unspecified atom stereocenters. The van der Waals surface area contributed by atoms with Gasteiger partial charge in [-0.3, -0.25) is 14.5 Å². The number of nitrogens with zero attached hydrogens (tertiary/aromatic N) is 2. The fourth-order valence-corrected chi connectivity index (χ4v) is 6.69. The van der Waals surface area contributed by atoms with E-state index in [-0.39, 0.29) is 11.9 Å². The van der Waals surface area contributed by atoms with Crippen LogP contribution in [0.4, 0.5) is 0 Å². The number of carbonyl (C=O) groups is 2. The molecule has 7 heteroatoms. The molecule has 0 bridgehead atoms. The fraction of sp³-hybridized carbons (Fsp3) is 0.857. The largest absolute Gasteiger partial charge is 0.354 e. The van der Waals surface area contributed by atoms with E-state index >= 15 is 0 Å². The van der Waals surface area contributed by atoms with Crippen molar-refractivity contribution in [1.29, 1.82) is 0 Å². The molecular weight excluding hydrogens is 438 g/mol. The van der Waals surface area contributed by atoms with E-state index in [1.807, 2.05) is 0 Å². The summed E-state index contributed by atoms with van der Waals surface area (Å²) in [6.45, 7) is 13.2. The molecule has 7 nitrogen and oxygen atoms in total. The number of rotatable bonds is 7. The molecule has 0 spiro atoms. The lowest BCUT2D eigenvalue weighted by Gasteiger charge is -2.42. The zero-order chi connectivity index (χ0) is 24.8. The maximum Gasteiger partial charge on any atom is 0.237 e. The van der Waals surface area contributed by atoms with Gasteiger partial charge >= 0.3 is 0 Å². The van der Waals surface area contributed by atoms with Crippen LogP contribution < -0.4 is 16.0 Å². The van der Waals surface area contributed by atoms with Gasteiger partial charge in [-0.1, -0.05) is 31.9 Å². The number of piperidine rings is 2. The van der Waals surface area contributed by atoms with Crippen molar-refractivity contribution < 1.29 is 9.59 Å². The third-order valence-electron chi connectivity index (χ3n) is 9.04. The summed E-state index contributed by atoms with van der Waals surface area (Å²) in [5.41, 5.74) is 1.33. The smallest absolute Gasteiger partial charge is 0.237 e. The second kappa shape index (κ2) is 12.7. The highest BCUT2D eigenvalue weighted by Crippen LogP contribution is 2.39. The van der Waals surface area contributed by atoms with Gasteiger partial charge in [0.05, 0.1) is 12.2 Å². The topological polar surface area (TPSA) is 76.7 Å². The van der Waals surface area contributed by atoms with Gasteiger partial charge in [-0.05, 0) is 82.2 Å². The average molecular weight is 488 g/mol. The van der Waals surface area contributed by atoms with Gasteiger partial charge in [0.25, 0.3) is 0 Å². The van der Waals surface area contributed by atoms with Crippen LogP contribution in [0.1, 0.15) is 72.1 Å². The van der Waals surface area contributed by atoms with Crippen LogP contribution in [-0.4, -0.2) is 79.6 Å². The Hall–Kier alpha value is -1.44. The van der Waals surface area contributed by atoms with Crippen LogP contribution in [0, 0.1) is 23.7 Å². The molecule has 5 atom stereocenters. The minimum absolute atomic E-state index is 0.0327. The first-order valence-corrected chi connectivity index (χ1v) is 14.4. The van der Waals surface area contributed by atoms with Gasteiger partial charge in [0.1, 0.15) is 0 Å². The fourth-order valence-electron chi connectivity index (χ4n) is 6.69. The van der Waals surface area contributed by atoms with E-state index in [0.29, 0.717) is 48.7 Å². The monoisotopic (exact) mass is 487 g/mol. The van der Waals surface area contributed by atoms with Crippen LogP contribution in [0.25, 0.3) is 0 Å². The Balaban J connectivity index is 1.28. The molecule has 3 aliphatic heterocycles. The Morgan fingerprint density at radius 2 is 1.74 bits per heavy atom. The van der Waals surface area contributed by atoms with Crippen molar-refractivity contribution in [3.8, 4) is 0 Å². The first-order chi connectivity index (χ1) is 16.9. The minimum atomic E-state index is -0.0327. The zero-order valence-electron chi connectivity index (χ0n) is 22.4. The molecule has 4 rings (SSSR count). The molecule has 3 heterocycles. The van der Waals surface area contributed by atoms with Gasteiger partial charge in [0.15, 0.2) is 0 Å². The number of amides is 2.